The van der Waals surface area contributed by atoms with E-state index in [2.05, 4.69) is 6.07 Å². The molecule has 1 aliphatic rings. The number of rotatable bonds is 1. The highest BCUT2D eigenvalue weighted by atomic mass is 35.5. The first-order valence-corrected chi connectivity index (χ1v) is 8.40. The molecular formula is C20H12Cl2N2O. The van der Waals surface area contributed by atoms with Crippen LogP contribution in [0.4, 0.5) is 0 Å². The smallest absolute Gasteiger partial charge is 0.205 e. The molecule has 1 unspecified atom stereocenters. The second-order valence-corrected chi connectivity index (χ2v) is 6.58. The molecule has 3 aromatic carbocycles. The van der Waals surface area contributed by atoms with Gasteiger partial charge in [-0.2, -0.15) is 5.26 Å². The Morgan fingerprint density at radius 3 is 2.32 bits per heavy atom. The van der Waals surface area contributed by atoms with E-state index in [9.17, 15) is 5.26 Å². The standard InChI is InChI=1S/C20H12Cl2N2O/c21-16-8-4-3-7-13(16)18-14-9-17(22)11-5-1-2-6-12(11)19(14)25-20(24)15(18)10-23/h1-9,18H,24H2. The van der Waals surface area contributed by atoms with Crippen LogP contribution in [-0.2, 0) is 0 Å². The van der Waals surface area contributed by atoms with Gasteiger partial charge in [-0.3, -0.25) is 0 Å². The van der Waals surface area contributed by atoms with Crippen LogP contribution >= 0.6 is 23.2 Å². The van der Waals surface area contributed by atoms with Gasteiger partial charge in [-0.15, -0.1) is 0 Å². The number of hydrogen-bond donors (Lipinski definition) is 1. The first-order valence-electron chi connectivity index (χ1n) is 7.65. The largest absolute Gasteiger partial charge is 0.440 e. The summed E-state index contributed by atoms with van der Waals surface area (Å²) in [5, 5.41) is 12.5. The van der Waals surface area contributed by atoms with Crippen molar-refractivity contribution in [2.75, 3.05) is 0 Å². The van der Waals surface area contributed by atoms with E-state index in [1.807, 2.05) is 48.5 Å². The lowest BCUT2D eigenvalue weighted by molar-refractivity contribution is 0.398. The molecule has 0 saturated heterocycles. The Labute approximate surface area is 154 Å². The van der Waals surface area contributed by atoms with Crippen LogP contribution in [0.15, 0.2) is 66.1 Å². The summed E-state index contributed by atoms with van der Waals surface area (Å²) < 4.78 is 5.83. The zero-order valence-corrected chi connectivity index (χ0v) is 14.5. The van der Waals surface area contributed by atoms with Gasteiger partial charge in [-0.25, -0.2) is 0 Å². The van der Waals surface area contributed by atoms with Gasteiger partial charge in [0.15, 0.2) is 0 Å². The maximum absolute atomic E-state index is 9.65. The Bertz CT molecular complexity index is 1080. The van der Waals surface area contributed by atoms with Crippen LogP contribution in [0.1, 0.15) is 17.0 Å². The summed E-state index contributed by atoms with van der Waals surface area (Å²) in [4.78, 5) is 0. The second-order valence-electron chi connectivity index (χ2n) is 5.77. The Hall–Kier alpha value is -2.67. The lowest BCUT2D eigenvalue weighted by Gasteiger charge is -2.28. The Morgan fingerprint density at radius 2 is 1.60 bits per heavy atom. The number of hydrogen-bond acceptors (Lipinski definition) is 3. The van der Waals surface area contributed by atoms with Crippen molar-refractivity contribution in [2.24, 2.45) is 5.73 Å². The van der Waals surface area contributed by atoms with Crippen LogP contribution in [-0.4, -0.2) is 0 Å². The van der Waals surface area contributed by atoms with E-state index in [0.29, 0.717) is 21.4 Å². The van der Waals surface area contributed by atoms with E-state index in [1.165, 1.54) is 0 Å². The Morgan fingerprint density at radius 1 is 0.920 bits per heavy atom. The van der Waals surface area contributed by atoms with E-state index in [1.54, 1.807) is 6.07 Å². The molecule has 0 spiro atoms. The first kappa shape index (κ1) is 15.8. The summed E-state index contributed by atoms with van der Waals surface area (Å²) in [5.74, 6) is 0.276. The molecule has 1 heterocycles. The monoisotopic (exact) mass is 366 g/mol. The fourth-order valence-corrected chi connectivity index (χ4v) is 3.79. The molecule has 0 saturated carbocycles. The molecule has 4 rings (SSSR count). The van der Waals surface area contributed by atoms with Crippen molar-refractivity contribution in [3.05, 3.63) is 87.2 Å². The van der Waals surface area contributed by atoms with Gasteiger partial charge in [-0.05, 0) is 17.7 Å². The molecule has 5 heteroatoms. The molecule has 25 heavy (non-hydrogen) atoms. The van der Waals surface area contributed by atoms with Gasteiger partial charge in [0, 0.05) is 26.4 Å². The Balaban J connectivity index is 2.09. The molecule has 0 aromatic heterocycles. The summed E-state index contributed by atoms with van der Waals surface area (Å²) in [5.41, 5.74) is 7.97. The molecule has 1 atom stereocenters. The van der Waals surface area contributed by atoms with Crippen LogP contribution < -0.4 is 10.5 Å². The van der Waals surface area contributed by atoms with Crippen molar-refractivity contribution >= 4 is 34.0 Å². The quantitative estimate of drug-likeness (QED) is 0.630. The van der Waals surface area contributed by atoms with E-state index in [-0.39, 0.29) is 5.88 Å². The van der Waals surface area contributed by atoms with Crippen molar-refractivity contribution in [1.29, 1.82) is 5.26 Å². The van der Waals surface area contributed by atoms with Crippen LogP contribution in [0.3, 0.4) is 0 Å². The second kappa shape index (κ2) is 6.00. The minimum absolute atomic E-state index is 0.0902. The van der Waals surface area contributed by atoms with Crippen molar-refractivity contribution in [2.45, 2.75) is 5.92 Å². The minimum Gasteiger partial charge on any atom is -0.440 e. The van der Waals surface area contributed by atoms with Gasteiger partial charge in [-0.1, -0.05) is 65.7 Å². The number of ether oxygens (including phenoxy) is 1. The van der Waals surface area contributed by atoms with Gasteiger partial charge in [0.1, 0.15) is 17.4 Å². The highest BCUT2D eigenvalue weighted by molar-refractivity contribution is 6.36. The predicted octanol–water partition coefficient (Wildman–Crippen LogP) is 5.36. The van der Waals surface area contributed by atoms with E-state index >= 15 is 0 Å². The molecular weight excluding hydrogens is 355 g/mol. The maximum atomic E-state index is 9.65. The maximum Gasteiger partial charge on any atom is 0.205 e. The zero-order chi connectivity index (χ0) is 17.6. The average molecular weight is 367 g/mol. The molecule has 3 aromatic rings. The van der Waals surface area contributed by atoms with Crippen molar-refractivity contribution in [3.8, 4) is 11.8 Å². The van der Waals surface area contributed by atoms with Gasteiger partial charge in [0.25, 0.3) is 0 Å². The number of nitriles is 1. The number of benzene rings is 3. The molecule has 0 bridgehead atoms. The fourth-order valence-electron chi connectivity index (χ4n) is 3.27. The van der Waals surface area contributed by atoms with E-state index < -0.39 is 5.92 Å². The normalized spacial score (nSPS) is 16.3. The number of halogens is 2. The molecule has 0 amide bonds. The number of allylic oxidation sites excluding steroid dienone is 1. The van der Waals surface area contributed by atoms with Crippen LogP contribution in [0, 0.1) is 11.3 Å². The van der Waals surface area contributed by atoms with Gasteiger partial charge in [0.2, 0.25) is 5.88 Å². The lowest BCUT2D eigenvalue weighted by atomic mass is 9.82. The third-order valence-electron chi connectivity index (χ3n) is 4.39. The van der Waals surface area contributed by atoms with Gasteiger partial charge < -0.3 is 10.5 Å². The molecule has 122 valence electrons. The zero-order valence-electron chi connectivity index (χ0n) is 13.0. The van der Waals surface area contributed by atoms with Crippen LogP contribution in [0.2, 0.25) is 10.0 Å². The number of nitrogens with zero attached hydrogens (tertiary/aromatic N) is 1. The van der Waals surface area contributed by atoms with Gasteiger partial charge in [0.05, 0.1) is 5.92 Å². The number of fused-ring (bicyclic) bond motifs is 3. The van der Waals surface area contributed by atoms with Crippen LogP contribution in [0.25, 0.3) is 10.8 Å². The minimum atomic E-state index is -0.426. The van der Waals surface area contributed by atoms with Crippen molar-refractivity contribution in [3.63, 3.8) is 0 Å². The first-order chi connectivity index (χ1) is 12.1. The summed E-state index contributed by atoms with van der Waals surface area (Å²) in [6.45, 7) is 0. The lowest BCUT2D eigenvalue weighted by Crippen LogP contribution is -2.21. The van der Waals surface area contributed by atoms with Crippen molar-refractivity contribution < 1.29 is 4.74 Å². The predicted molar refractivity (Wildman–Crippen MR) is 99.7 cm³/mol. The molecule has 3 nitrogen and oxygen atoms in total. The average Bonchev–Trinajstić information content (AvgIpc) is 2.62. The fraction of sp³-hybridized carbons (Fsp3) is 0.0500. The van der Waals surface area contributed by atoms with Crippen LogP contribution in [0.5, 0.6) is 5.75 Å². The molecule has 0 aliphatic carbocycles. The highest BCUT2D eigenvalue weighted by Crippen LogP contribution is 2.48. The SMILES string of the molecule is N#CC1=C(N)Oc2c(cc(Cl)c3ccccc23)C1c1ccccc1Cl. The number of nitrogens with two attached hydrogens (primary N) is 1. The Kier molecular flexibility index (Phi) is 3.80. The third-order valence-corrected chi connectivity index (χ3v) is 5.04. The summed E-state index contributed by atoms with van der Waals surface area (Å²) >= 11 is 12.9. The summed E-state index contributed by atoms with van der Waals surface area (Å²) in [6, 6.07) is 19.1. The summed E-state index contributed by atoms with van der Waals surface area (Å²) in [6.07, 6.45) is 0. The molecule has 0 fully saturated rings. The van der Waals surface area contributed by atoms with E-state index in [4.69, 9.17) is 33.7 Å². The summed E-state index contributed by atoms with van der Waals surface area (Å²) in [7, 11) is 0. The molecule has 2 N–H and O–H groups in total. The topological polar surface area (TPSA) is 59.0 Å². The molecule has 0 radical (unpaired) electrons. The highest BCUT2D eigenvalue weighted by Gasteiger charge is 2.33. The molecule has 1 aliphatic heterocycles. The van der Waals surface area contributed by atoms with E-state index in [0.717, 1.165) is 21.9 Å². The van der Waals surface area contributed by atoms with Crippen molar-refractivity contribution in [1.82, 2.24) is 0 Å². The third kappa shape index (κ3) is 2.42. The van der Waals surface area contributed by atoms with Gasteiger partial charge >= 0.3 is 0 Å².